The number of ether oxygens (including phenoxy) is 3. The van der Waals surface area contributed by atoms with Crippen LogP contribution >= 0.6 is 11.6 Å². The third kappa shape index (κ3) is 4.05. The Labute approximate surface area is 153 Å². The van der Waals surface area contributed by atoms with Crippen molar-refractivity contribution in [1.29, 1.82) is 0 Å². The van der Waals surface area contributed by atoms with Crippen LogP contribution in [0.1, 0.15) is 17.3 Å². The Hall–Kier alpha value is -2.80. The summed E-state index contributed by atoms with van der Waals surface area (Å²) in [4.78, 5) is 24.4. The highest BCUT2D eigenvalue weighted by molar-refractivity contribution is 6.32. The standard InChI is InChI=1S/C18H15ClFNO5/c1-10(17(22)21-13-4-2-3-12(20)9-13)26-18(23)11-7-14(19)16-15(8-11)24-5-6-25-16/h2-4,7-10H,5-6H2,1H3,(H,21,22)/t10-/m0/s1. The van der Waals surface area contributed by atoms with Crippen LogP contribution in [0.25, 0.3) is 0 Å². The number of rotatable bonds is 4. The number of amides is 1. The Morgan fingerprint density at radius 3 is 2.77 bits per heavy atom. The van der Waals surface area contributed by atoms with E-state index in [-0.39, 0.29) is 16.3 Å². The Bertz CT molecular complexity index is 857. The van der Waals surface area contributed by atoms with Gasteiger partial charge in [0.25, 0.3) is 5.91 Å². The highest BCUT2D eigenvalue weighted by Gasteiger charge is 2.23. The van der Waals surface area contributed by atoms with Gasteiger partial charge in [-0.25, -0.2) is 9.18 Å². The minimum absolute atomic E-state index is 0.129. The molecule has 1 aliphatic heterocycles. The van der Waals surface area contributed by atoms with E-state index in [9.17, 15) is 14.0 Å². The van der Waals surface area contributed by atoms with Gasteiger partial charge in [-0.3, -0.25) is 4.79 Å². The molecule has 136 valence electrons. The lowest BCUT2D eigenvalue weighted by Gasteiger charge is -2.20. The molecule has 0 bridgehead atoms. The molecule has 0 saturated carbocycles. The van der Waals surface area contributed by atoms with Crippen molar-refractivity contribution in [2.45, 2.75) is 13.0 Å². The van der Waals surface area contributed by atoms with Crippen LogP contribution in [-0.2, 0) is 9.53 Å². The topological polar surface area (TPSA) is 73.9 Å². The summed E-state index contributed by atoms with van der Waals surface area (Å²) in [5.41, 5.74) is 0.393. The summed E-state index contributed by atoms with van der Waals surface area (Å²) >= 11 is 6.09. The smallest absolute Gasteiger partial charge is 0.339 e. The summed E-state index contributed by atoms with van der Waals surface area (Å²) < 4.78 is 29.1. The quantitative estimate of drug-likeness (QED) is 0.824. The average Bonchev–Trinajstić information content (AvgIpc) is 2.61. The van der Waals surface area contributed by atoms with E-state index in [0.29, 0.717) is 24.7 Å². The maximum Gasteiger partial charge on any atom is 0.339 e. The van der Waals surface area contributed by atoms with E-state index < -0.39 is 23.8 Å². The molecule has 8 heteroatoms. The molecule has 0 aliphatic carbocycles. The van der Waals surface area contributed by atoms with Gasteiger partial charge < -0.3 is 19.5 Å². The summed E-state index contributed by atoms with van der Waals surface area (Å²) in [5.74, 6) is -1.12. The number of hydrogen-bond acceptors (Lipinski definition) is 5. The first kappa shape index (κ1) is 18.0. The van der Waals surface area contributed by atoms with Crippen LogP contribution in [0.5, 0.6) is 11.5 Å². The molecule has 1 N–H and O–H groups in total. The third-order valence-electron chi connectivity index (χ3n) is 3.58. The van der Waals surface area contributed by atoms with Gasteiger partial charge >= 0.3 is 5.97 Å². The molecular weight excluding hydrogens is 365 g/mol. The zero-order chi connectivity index (χ0) is 18.7. The summed E-state index contributed by atoms with van der Waals surface area (Å²) in [6.45, 7) is 2.12. The summed E-state index contributed by atoms with van der Waals surface area (Å²) in [7, 11) is 0. The number of fused-ring (bicyclic) bond motifs is 1. The first-order chi connectivity index (χ1) is 12.4. The lowest BCUT2D eigenvalue weighted by Crippen LogP contribution is -2.30. The highest BCUT2D eigenvalue weighted by atomic mass is 35.5. The predicted molar refractivity (Wildman–Crippen MR) is 92.3 cm³/mol. The maximum absolute atomic E-state index is 13.2. The van der Waals surface area contributed by atoms with Crippen molar-refractivity contribution in [3.05, 3.63) is 52.8 Å². The molecule has 0 unspecified atom stereocenters. The molecule has 0 fully saturated rings. The molecule has 1 heterocycles. The van der Waals surface area contributed by atoms with E-state index in [4.69, 9.17) is 25.8 Å². The summed E-state index contributed by atoms with van der Waals surface area (Å²) in [5, 5.41) is 2.69. The third-order valence-corrected chi connectivity index (χ3v) is 3.86. The molecule has 0 radical (unpaired) electrons. The monoisotopic (exact) mass is 379 g/mol. The number of hydrogen-bond donors (Lipinski definition) is 1. The second-order valence-corrected chi connectivity index (χ2v) is 5.94. The van der Waals surface area contributed by atoms with E-state index in [0.717, 1.165) is 6.07 Å². The molecule has 0 spiro atoms. The Kier molecular flexibility index (Phi) is 5.27. The molecule has 2 aromatic carbocycles. The van der Waals surface area contributed by atoms with E-state index >= 15 is 0 Å². The number of carbonyl (C=O) groups excluding carboxylic acids is 2. The Morgan fingerprint density at radius 1 is 1.23 bits per heavy atom. The van der Waals surface area contributed by atoms with Gasteiger partial charge in [-0.05, 0) is 37.3 Å². The van der Waals surface area contributed by atoms with Crippen LogP contribution in [0, 0.1) is 5.82 Å². The Balaban J connectivity index is 1.67. The largest absolute Gasteiger partial charge is 0.486 e. The number of anilines is 1. The molecule has 3 rings (SSSR count). The van der Waals surface area contributed by atoms with Crippen molar-refractivity contribution in [3.63, 3.8) is 0 Å². The van der Waals surface area contributed by atoms with Crippen molar-refractivity contribution in [1.82, 2.24) is 0 Å². The molecule has 0 saturated heterocycles. The fourth-order valence-electron chi connectivity index (χ4n) is 2.32. The van der Waals surface area contributed by atoms with Gasteiger partial charge in [0.1, 0.15) is 19.0 Å². The number of halogens is 2. The minimum Gasteiger partial charge on any atom is -0.486 e. The Morgan fingerprint density at radius 2 is 2.00 bits per heavy atom. The molecule has 2 aromatic rings. The predicted octanol–water partition coefficient (Wildman–Crippen LogP) is 3.43. The number of esters is 1. The molecule has 0 aromatic heterocycles. The molecular formula is C18H15ClFNO5. The van der Waals surface area contributed by atoms with Gasteiger partial charge in [0.2, 0.25) is 0 Å². The lowest BCUT2D eigenvalue weighted by molar-refractivity contribution is -0.123. The van der Waals surface area contributed by atoms with E-state index in [2.05, 4.69) is 5.32 Å². The minimum atomic E-state index is -1.10. The fraction of sp³-hybridized carbons (Fsp3) is 0.222. The first-order valence-corrected chi connectivity index (χ1v) is 8.18. The second-order valence-electron chi connectivity index (χ2n) is 5.53. The van der Waals surface area contributed by atoms with E-state index in [1.807, 2.05) is 0 Å². The van der Waals surface area contributed by atoms with Gasteiger partial charge in [0.05, 0.1) is 10.6 Å². The summed E-state index contributed by atoms with van der Waals surface area (Å²) in [6, 6.07) is 8.22. The van der Waals surface area contributed by atoms with Crippen molar-refractivity contribution in [2.75, 3.05) is 18.5 Å². The van der Waals surface area contributed by atoms with Gasteiger partial charge in [-0.15, -0.1) is 0 Å². The van der Waals surface area contributed by atoms with Crippen molar-refractivity contribution >= 4 is 29.2 Å². The molecule has 1 amide bonds. The number of carbonyl (C=O) groups is 2. The zero-order valence-electron chi connectivity index (χ0n) is 13.8. The normalized spacial score (nSPS) is 13.7. The van der Waals surface area contributed by atoms with Crippen LogP contribution in [0.15, 0.2) is 36.4 Å². The highest BCUT2D eigenvalue weighted by Crippen LogP contribution is 2.38. The van der Waals surface area contributed by atoms with Crippen LogP contribution < -0.4 is 14.8 Å². The maximum atomic E-state index is 13.2. The van der Waals surface area contributed by atoms with Gasteiger partial charge in [0, 0.05) is 5.69 Å². The van der Waals surface area contributed by atoms with E-state index in [1.54, 1.807) is 0 Å². The average molecular weight is 380 g/mol. The van der Waals surface area contributed by atoms with Crippen molar-refractivity contribution in [2.24, 2.45) is 0 Å². The molecule has 1 aliphatic rings. The van der Waals surface area contributed by atoms with Crippen molar-refractivity contribution < 1.29 is 28.2 Å². The van der Waals surface area contributed by atoms with Crippen LogP contribution in [0.3, 0.4) is 0 Å². The van der Waals surface area contributed by atoms with Gasteiger partial charge in [-0.1, -0.05) is 17.7 Å². The summed E-state index contributed by atoms with van der Waals surface area (Å²) in [6.07, 6.45) is -1.10. The van der Waals surface area contributed by atoms with Gasteiger partial charge in [0.15, 0.2) is 17.6 Å². The zero-order valence-corrected chi connectivity index (χ0v) is 14.5. The van der Waals surface area contributed by atoms with Crippen LogP contribution in [-0.4, -0.2) is 31.2 Å². The van der Waals surface area contributed by atoms with Crippen LogP contribution in [0.4, 0.5) is 10.1 Å². The number of nitrogens with one attached hydrogen (secondary N) is 1. The van der Waals surface area contributed by atoms with Crippen molar-refractivity contribution in [3.8, 4) is 11.5 Å². The molecule has 1 atom stereocenters. The molecule has 26 heavy (non-hydrogen) atoms. The van der Waals surface area contributed by atoms with E-state index in [1.165, 1.54) is 37.3 Å². The lowest BCUT2D eigenvalue weighted by atomic mass is 10.2. The van der Waals surface area contributed by atoms with Gasteiger partial charge in [-0.2, -0.15) is 0 Å². The first-order valence-electron chi connectivity index (χ1n) is 7.80. The van der Waals surface area contributed by atoms with Crippen LogP contribution in [0.2, 0.25) is 5.02 Å². The fourth-order valence-corrected chi connectivity index (χ4v) is 2.59. The number of benzene rings is 2. The SMILES string of the molecule is C[C@H](OC(=O)c1cc(Cl)c2c(c1)OCCO2)C(=O)Nc1cccc(F)c1. The second kappa shape index (κ2) is 7.61. The molecule has 6 nitrogen and oxygen atoms in total.